The van der Waals surface area contributed by atoms with E-state index in [4.69, 9.17) is 22.9 Å². The second-order valence-corrected chi connectivity index (χ2v) is 13.7. The highest BCUT2D eigenvalue weighted by Gasteiger charge is 2.18. The number of nitrogens with one attached hydrogen (secondary N) is 2. The average Bonchev–Trinajstić information content (AvgIpc) is 3.26. The number of carbonyl (C=O) groups excluding carboxylic acids is 6. The third-order valence-corrected chi connectivity index (χ3v) is 9.86. The summed E-state index contributed by atoms with van der Waals surface area (Å²) in [6, 6.07) is 43.8. The van der Waals surface area contributed by atoms with Crippen LogP contribution in [0.25, 0.3) is 44.5 Å². The fourth-order valence-electron chi connectivity index (χ4n) is 6.75. The molecule has 0 spiro atoms. The summed E-state index contributed by atoms with van der Waals surface area (Å²) >= 11 is 0. The van der Waals surface area contributed by atoms with Crippen molar-refractivity contribution in [1.29, 1.82) is 0 Å². The van der Waals surface area contributed by atoms with Gasteiger partial charge in [0.1, 0.15) is 0 Å². The summed E-state index contributed by atoms with van der Waals surface area (Å²) < 4.78 is 0. The molecule has 0 aliphatic heterocycles. The van der Waals surface area contributed by atoms with Gasteiger partial charge < -0.3 is 33.6 Å². The van der Waals surface area contributed by atoms with Crippen molar-refractivity contribution in [3.8, 4) is 44.5 Å². The van der Waals surface area contributed by atoms with E-state index in [0.717, 1.165) is 22.3 Å². The summed E-state index contributed by atoms with van der Waals surface area (Å²) in [7, 11) is 0. The number of carbonyl (C=O) groups is 6. The lowest BCUT2D eigenvalue weighted by Gasteiger charge is -2.15. The standard InChI is InChI=1S/C48H36N6O6/c49-43(55)29-15-11-27(12-16-29)37-21-19-33(45(51)57)25-39(37)31-5-3-7-35(23-31)47(59)53-41-9-1-2-10-42(41)54-48(60)36-8-4-6-32(24-36)40-26-34(46(52)58)20-22-38(40)28-13-17-30(18-14-28)44(50)56/h1-26H,(H2,49,55)(H2,50,56)(H2,51,57)(H2,52,58)(H,53,59)(H,54,60). The molecule has 294 valence electrons. The summed E-state index contributed by atoms with van der Waals surface area (Å²) in [5.74, 6) is -3.31. The number of hydrogen-bond acceptors (Lipinski definition) is 6. The van der Waals surface area contributed by atoms with E-state index in [-0.39, 0.29) is 11.1 Å². The molecular formula is C48H36N6O6. The van der Waals surface area contributed by atoms with E-state index in [1.54, 1.807) is 158 Å². The molecule has 7 rings (SSSR count). The molecule has 0 aromatic heterocycles. The van der Waals surface area contributed by atoms with Crippen LogP contribution in [0.4, 0.5) is 11.4 Å². The Bertz CT molecular complexity index is 2670. The number of hydrogen-bond donors (Lipinski definition) is 6. The Morgan fingerprint density at radius 1 is 0.300 bits per heavy atom. The minimum atomic E-state index is -0.623. The number of nitrogens with two attached hydrogens (primary N) is 4. The van der Waals surface area contributed by atoms with Gasteiger partial charge in [-0.05, 0) is 129 Å². The molecule has 0 aliphatic carbocycles. The van der Waals surface area contributed by atoms with Crippen LogP contribution in [-0.4, -0.2) is 35.4 Å². The highest BCUT2D eigenvalue weighted by atomic mass is 16.2. The molecular weight excluding hydrogens is 757 g/mol. The van der Waals surface area contributed by atoms with Crippen LogP contribution in [0.2, 0.25) is 0 Å². The lowest BCUT2D eigenvalue weighted by molar-refractivity contribution is 0.0992. The summed E-state index contributed by atoms with van der Waals surface area (Å²) in [6.07, 6.45) is 0. The van der Waals surface area contributed by atoms with Gasteiger partial charge in [-0.1, -0.05) is 72.8 Å². The second kappa shape index (κ2) is 16.8. The number of primary amides is 4. The third kappa shape index (κ3) is 8.53. The molecule has 0 fully saturated rings. The summed E-state index contributed by atoms with van der Waals surface area (Å²) in [5, 5.41) is 5.80. The molecule has 0 radical (unpaired) electrons. The second-order valence-electron chi connectivity index (χ2n) is 13.7. The molecule has 7 aromatic rings. The Labute approximate surface area is 343 Å². The van der Waals surface area contributed by atoms with Crippen molar-refractivity contribution in [1.82, 2.24) is 0 Å². The van der Waals surface area contributed by atoms with Gasteiger partial charge in [0.15, 0.2) is 0 Å². The van der Waals surface area contributed by atoms with Crippen molar-refractivity contribution in [3.63, 3.8) is 0 Å². The average molecular weight is 793 g/mol. The van der Waals surface area contributed by atoms with Crippen LogP contribution in [0.15, 0.2) is 158 Å². The minimum absolute atomic E-state index is 0.267. The Morgan fingerprint density at radius 2 is 0.650 bits per heavy atom. The molecule has 0 heterocycles. The zero-order chi connectivity index (χ0) is 42.5. The van der Waals surface area contributed by atoms with Crippen LogP contribution in [0.5, 0.6) is 0 Å². The number of amides is 6. The van der Waals surface area contributed by atoms with Gasteiger partial charge in [-0.15, -0.1) is 0 Å². The summed E-state index contributed by atoms with van der Waals surface area (Å²) in [4.78, 5) is 75.4. The van der Waals surface area contributed by atoms with Crippen molar-refractivity contribution >= 4 is 46.8 Å². The summed E-state index contributed by atoms with van der Waals surface area (Å²) in [5.41, 5.74) is 30.0. The van der Waals surface area contributed by atoms with E-state index in [1.165, 1.54) is 0 Å². The zero-order valence-corrected chi connectivity index (χ0v) is 31.8. The predicted molar refractivity (Wildman–Crippen MR) is 231 cm³/mol. The van der Waals surface area contributed by atoms with Gasteiger partial charge in [-0.25, -0.2) is 0 Å². The summed E-state index contributed by atoms with van der Waals surface area (Å²) in [6.45, 7) is 0. The van der Waals surface area contributed by atoms with Crippen molar-refractivity contribution in [2.75, 3.05) is 10.6 Å². The minimum Gasteiger partial charge on any atom is -0.366 e. The van der Waals surface area contributed by atoms with Gasteiger partial charge in [-0.2, -0.15) is 0 Å². The number of anilines is 2. The number of benzene rings is 7. The Hall–Kier alpha value is -8.64. The first-order valence-electron chi connectivity index (χ1n) is 18.5. The maximum Gasteiger partial charge on any atom is 0.255 e. The lowest BCUT2D eigenvalue weighted by atomic mass is 9.91. The van der Waals surface area contributed by atoms with Crippen LogP contribution < -0.4 is 33.6 Å². The molecule has 12 nitrogen and oxygen atoms in total. The topological polar surface area (TPSA) is 231 Å². The number of rotatable bonds is 12. The first kappa shape index (κ1) is 39.6. The lowest BCUT2D eigenvalue weighted by Crippen LogP contribution is -2.17. The largest absolute Gasteiger partial charge is 0.366 e. The van der Waals surface area contributed by atoms with E-state index in [0.29, 0.717) is 55.9 Å². The Kier molecular flexibility index (Phi) is 11.1. The van der Waals surface area contributed by atoms with Gasteiger partial charge in [0.25, 0.3) is 11.8 Å². The number of para-hydroxylation sites is 2. The van der Waals surface area contributed by atoms with E-state index < -0.39 is 35.4 Å². The smallest absolute Gasteiger partial charge is 0.255 e. The van der Waals surface area contributed by atoms with Crippen LogP contribution in [0.3, 0.4) is 0 Å². The van der Waals surface area contributed by atoms with Crippen LogP contribution >= 0.6 is 0 Å². The Balaban J connectivity index is 1.15. The quantitative estimate of drug-likeness (QED) is 0.0745. The molecule has 10 N–H and O–H groups in total. The van der Waals surface area contributed by atoms with Crippen LogP contribution in [-0.2, 0) is 0 Å². The van der Waals surface area contributed by atoms with Gasteiger partial charge in [0, 0.05) is 33.4 Å². The van der Waals surface area contributed by atoms with E-state index in [9.17, 15) is 28.8 Å². The SMILES string of the molecule is NC(=O)c1ccc(-c2ccc(C(N)=O)cc2-c2cccc(C(=O)Nc3ccccc3NC(=O)c3cccc(-c4cc(C(N)=O)ccc4-c4ccc(C(N)=O)cc4)c3)c2)cc1. The van der Waals surface area contributed by atoms with E-state index in [1.807, 2.05) is 0 Å². The molecule has 0 aliphatic rings. The van der Waals surface area contributed by atoms with Gasteiger partial charge in [0.05, 0.1) is 11.4 Å². The fourth-order valence-corrected chi connectivity index (χ4v) is 6.75. The molecule has 0 saturated heterocycles. The van der Waals surface area contributed by atoms with Crippen molar-refractivity contribution in [2.45, 2.75) is 0 Å². The van der Waals surface area contributed by atoms with Gasteiger partial charge >= 0.3 is 0 Å². The first-order chi connectivity index (χ1) is 28.9. The molecule has 60 heavy (non-hydrogen) atoms. The highest BCUT2D eigenvalue weighted by molar-refractivity contribution is 6.11. The van der Waals surface area contributed by atoms with Gasteiger partial charge in [0.2, 0.25) is 23.6 Å². The Morgan fingerprint density at radius 3 is 1.00 bits per heavy atom. The predicted octanol–water partition coefficient (Wildman–Crippen LogP) is 7.25. The zero-order valence-electron chi connectivity index (χ0n) is 31.8. The molecule has 0 bridgehead atoms. The van der Waals surface area contributed by atoms with Crippen molar-refractivity contribution < 1.29 is 28.8 Å². The van der Waals surface area contributed by atoms with Crippen LogP contribution in [0.1, 0.15) is 62.1 Å². The van der Waals surface area contributed by atoms with Crippen molar-refractivity contribution in [3.05, 3.63) is 191 Å². The molecule has 6 amide bonds. The van der Waals surface area contributed by atoms with E-state index >= 15 is 0 Å². The molecule has 7 aromatic carbocycles. The van der Waals surface area contributed by atoms with E-state index in [2.05, 4.69) is 10.6 Å². The normalized spacial score (nSPS) is 10.7. The third-order valence-electron chi connectivity index (χ3n) is 9.86. The fraction of sp³-hybridized carbons (Fsp3) is 0. The molecule has 0 saturated carbocycles. The van der Waals surface area contributed by atoms with Crippen molar-refractivity contribution in [2.24, 2.45) is 22.9 Å². The van der Waals surface area contributed by atoms with Gasteiger partial charge in [-0.3, -0.25) is 28.8 Å². The molecule has 0 unspecified atom stereocenters. The molecule has 0 atom stereocenters. The maximum atomic E-state index is 13.8. The highest BCUT2D eigenvalue weighted by Crippen LogP contribution is 2.36. The van der Waals surface area contributed by atoms with Crippen LogP contribution in [0, 0.1) is 0 Å². The maximum absolute atomic E-state index is 13.8. The molecule has 12 heteroatoms. The first-order valence-corrected chi connectivity index (χ1v) is 18.5. The monoisotopic (exact) mass is 792 g/mol.